The number of pyridine rings is 2. The van der Waals surface area contributed by atoms with Crippen LogP contribution >= 0.6 is 0 Å². The Hall–Kier alpha value is -5.78. The Bertz CT molecular complexity index is 2670. The highest BCUT2D eigenvalue weighted by Crippen LogP contribution is 2.45. The van der Waals surface area contributed by atoms with Crippen LogP contribution in [0.5, 0.6) is 0 Å². The van der Waals surface area contributed by atoms with Crippen molar-refractivity contribution in [2.45, 2.75) is 125 Å². The number of fused-ring (bicyclic) bond motifs is 14. The number of rotatable bonds is 6. The number of carbonyl (C=O) groups excluding carboxylic acids is 2. The Morgan fingerprint density at radius 3 is 1.29 bits per heavy atom. The fourth-order valence-corrected chi connectivity index (χ4v) is 14.1. The maximum absolute atomic E-state index is 14.3. The lowest BCUT2D eigenvalue weighted by Crippen LogP contribution is -2.60. The number of benzene rings is 2. The Balaban J connectivity index is 0.000000148. The van der Waals surface area contributed by atoms with Gasteiger partial charge in [0.25, 0.3) is 0 Å². The molecule has 2 aromatic carbocycles. The predicted molar refractivity (Wildman–Crippen MR) is 278 cm³/mol. The van der Waals surface area contributed by atoms with E-state index in [1.54, 1.807) is 12.4 Å². The van der Waals surface area contributed by atoms with Crippen molar-refractivity contribution in [3.8, 4) is 0 Å². The van der Waals surface area contributed by atoms with E-state index in [2.05, 4.69) is 54.7 Å². The molecule has 12 aliphatic heterocycles. The van der Waals surface area contributed by atoms with Gasteiger partial charge in [-0.2, -0.15) is 26.3 Å². The van der Waals surface area contributed by atoms with Crippen molar-refractivity contribution in [1.82, 2.24) is 19.8 Å². The largest absolute Gasteiger partial charge is 0.401 e. The molecule has 0 aliphatic carbocycles. The molecule has 0 radical (unpaired) electrons. The molecule has 8 bridgehead atoms. The number of carbonyl (C=O) groups is 2. The Morgan fingerprint density at radius 1 is 0.538 bits per heavy atom. The molecular weight excluding hydrogens is 1020 g/mol. The number of ether oxygens (including phenoxy) is 4. The molecule has 2 aromatic heterocycles. The smallest absolute Gasteiger partial charge is 0.378 e. The lowest BCUT2D eigenvalue weighted by Gasteiger charge is -2.48. The van der Waals surface area contributed by atoms with Gasteiger partial charge in [-0.1, -0.05) is 12.1 Å². The third kappa shape index (κ3) is 10.4. The monoisotopic (exact) mass is 1090 g/mol. The molecule has 78 heavy (non-hydrogen) atoms. The highest BCUT2D eigenvalue weighted by Gasteiger charge is 2.49. The average Bonchev–Trinajstić information content (AvgIpc) is 3.72. The third-order valence-corrected chi connectivity index (χ3v) is 17.8. The molecule has 2 N–H and O–H groups in total. The summed E-state index contributed by atoms with van der Waals surface area (Å²) in [6.45, 7) is 2.68. The number of hydrogen-bond acceptors (Lipinski definition) is 14. The first-order valence-corrected chi connectivity index (χ1v) is 27.5. The maximum Gasteiger partial charge on any atom is 0.401 e. The molecule has 22 heteroatoms. The Morgan fingerprint density at radius 2 is 0.949 bits per heavy atom. The summed E-state index contributed by atoms with van der Waals surface area (Å²) in [6, 6.07) is 18.9. The Kier molecular flexibility index (Phi) is 13.7. The zero-order chi connectivity index (χ0) is 53.5. The van der Waals surface area contributed by atoms with Gasteiger partial charge in [-0.25, -0.2) is 9.97 Å². The van der Waals surface area contributed by atoms with Crippen LogP contribution in [-0.4, -0.2) is 158 Å². The summed E-state index contributed by atoms with van der Waals surface area (Å²) in [6.07, 6.45) is 0.999. The number of nitrogens with one attached hydrogen (secondary N) is 2. The second kappa shape index (κ2) is 20.7. The first-order chi connectivity index (χ1) is 37.6. The minimum Gasteiger partial charge on any atom is -0.378 e. The molecule has 14 heterocycles. The van der Waals surface area contributed by atoms with Crippen molar-refractivity contribution in [3.05, 3.63) is 84.2 Å². The molecule has 0 saturated carbocycles. The first kappa shape index (κ1) is 51.6. The SMILES string of the molecule is O=C(C1C[C@H]2COC[C@@H](C1)N2CC(F)(F)F)N1Cc2cccnc2Nc2ccc(N3C[C@@H]4CC[C@H]3CO4)cc21.O=C(C1C[C@H]2COC[C@@H](C1)N2CC(F)(F)F)N1Cc2cccnc2Nc2ccc(N3C[C@H]4CC[C@@H]3CO4)cc21. The number of anilines is 8. The van der Waals surface area contributed by atoms with Gasteiger partial charge in [0.15, 0.2) is 0 Å². The van der Waals surface area contributed by atoms with Crippen molar-refractivity contribution in [2.75, 3.05) is 96.1 Å². The molecule has 2 unspecified atom stereocenters. The Labute approximate surface area is 448 Å². The van der Waals surface area contributed by atoms with Gasteiger partial charge in [0.1, 0.15) is 11.6 Å². The lowest BCUT2D eigenvalue weighted by molar-refractivity contribution is -0.185. The topological polar surface area (TPSA) is 140 Å². The summed E-state index contributed by atoms with van der Waals surface area (Å²) in [7, 11) is 0. The van der Waals surface area contributed by atoms with Gasteiger partial charge in [0, 0.05) is 84.0 Å². The van der Waals surface area contributed by atoms with Crippen molar-refractivity contribution in [3.63, 3.8) is 0 Å². The van der Waals surface area contributed by atoms with Crippen LogP contribution < -0.4 is 30.2 Å². The zero-order valence-corrected chi connectivity index (χ0v) is 43.1. The van der Waals surface area contributed by atoms with E-state index in [1.165, 1.54) is 9.80 Å². The molecule has 416 valence electrons. The molecular formula is C56H64F6N10O6. The molecule has 10 fully saturated rings. The average molecular weight is 1090 g/mol. The van der Waals surface area contributed by atoms with Crippen LogP contribution in [0.15, 0.2) is 73.1 Å². The van der Waals surface area contributed by atoms with E-state index in [9.17, 15) is 35.9 Å². The normalized spacial score (nSPS) is 30.3. The first-order valence-electron chi connectivity index (χ1n) is 27.5. The maximum atomic E-state index is 14.3. The summed E-state index contributed by atoms with van der Waals surface area (Å²) >= 11 is 0. The fraction of sp³-hybridized carbons (Fsp3) is 0.571. The molecule has 4 aromatic rings. The number of halogens is 6. The fourth-order valence-electron chi connectivity index (χ4n) is 14.1. The van der Waals surface area contributed by atoms with E-state index in [-0.39, 0.29) is 62.3 Å². The summed E-state index contributed by atoms with van der Waals surface area (Å²) in [5.74, 6) is 0.526. The van der Waals surface area contributed by atoms with Gasteiger partial charge >= 0.3 is 12.4 Å². The van der Waals surface area contributed by atoms with Crippen LogP contribution in [0, 0.1) is 11.8 Å². The molecule has 16 nitrogen and oxygen atoms in total. The molecule has 12 aliphatic rings. The molecule has 0 spiro atoms. The summed E-state index contributed by atoms with van der Waals surface area (Å²) in [4.78, 5) is 49.0. The number of piperidine rings is 4. The molecule has 2 amide bonds. The number of aromatic nitrogens is 2. The van der Waals surface area contributed by atoms with Gasteiger partial charge in [-0.3, -0.25) is 19.4 Å². The van der Waals surface area contributed by atoms with Crippen molar-refractivity contribution in [1.29, 1.82) is 0 Å². The quantitative estimate of drug-likeness (QED) is 0.180. The van der Waals surface area contributed by atoms with E-state index in [0.717, 1.165) is 84.0 Å². The molecule has 10 saturated heterocycles. The third-order valence-electron chi connectivity index (χ3n) is 17.8. The minimum absolute atomic E-state index is 0.0565. The summed E-state index contributed by atoms with van der Waals surface area (Å²) in [5.41, 5.74) is 7.03. The second-order valence-corrected chi connectivity index (χ2v) is 22.8. The number of alkyl halides is 6. The van der Waals surface area contributed by atoms with E-state index >= 15 is 0 Å². The van der Waals surface area contributed by atoms with Gasteiger partial charge in [0.05, 0.1) is 113 Å². The van der Waals surface area contributed by atoms with Crippen LogP contribution in [0.25, 0.3) is 0 Å². The number of morpholine rings is 4. The molecule has 10 atom stereocenters. The number of hydrogen-bond donors (Lipinski definition) is 2. The van der Waals surface area contributed by atoms with Crippen LogP contribution in [-0.2, 0) is 41.6 Å². The van der Waals surface area contributed by atoms with Gasteiger partial charge in [-0.15, -0.1) is 0 Å². The number of amides is 2. The van der Waals surface area contributed by atoms with E-state index in [4.69, 9.17) is 18.9 Å². The van der Waals surface area contributed by atoms with Crippen LogP contribution in [0.2, 0.25) is 0 Å². The highest BCUT2D eigenvalue weighted by atomic mass is 19.4. The summed E-state index contributed by atoms with van der Waals surface area (Å²) < 4.78 is 103. The number of nitrogens with zero attached hydrogens (tertiary/aromatic N) is 8. The van der Waals surface area contributed by atoms with E-state index < -0.39 is 49.6 Å². The zero-order valence-electron chi connectivity index (χ0n) is 43.1. The summed E-state index contributed by atoms with van der Waals surface area (Å²) in [5, 5.41) is 6.85. The molecule has 16 rings (SSSR count). The second-order valence-electron chi connectivity index (χ2n) is 22.8. The van der Waals surface area contributed by atoms with Crippen LogP contribution in [0.1, 0.15) is 62.5 Å². The van der Waals surface area contributed by atoms with E-state index in [0.29, 0.717) is 75.7 Å². The predicted octanol–water partition coefficient (Wildman–Crippen LogP) is 8.16. The van der Waals surface area contributed by atoms with Gasteiger partial charge in [0.2, 0.25) is 11.8 Å². The van der Waals surface area contributed by atoms with Crippen molar-refractivity contribution >= 4 is 57.6 Å². The van der Waals surface area contributed by atoms with Crippen molar-refractivity contribution in [2.24, 2.45) is 11.8 Å². The van der Waals surface area contributed by atoms with Crippen molar-refractivity contribution < 1.29 is 54.9 Å². The van der Waals surface area contributed by atoms with Crippen LogP contribution in [0.4, 0.5) is 72.1 Å². The van der Waals surface area contributed by atoms with Gasteiger partial charge in [-0.05, 0) is 99.9 Å². The van der Waals surface area contributed by atoms with E-state index in [1.807, 2.05) is 46.2 Å². The lowest BCUT2D eigenvalue weighted by atomic mass is 9.83. The van der Waals surface area contributed by atoms with Gasteiger partial charge < -0.3 is 49.2 Å². The minimum atomic E-state index is -4.29. The van der Waals surface area contributed by atoms with Crippen LogP contribution in [0.3, 0.4) is 0 Å². The standard InChI is InChI=1S/2C28H32F3N5O3/c2*29-28(30,31)16-36-21-8-18(9-22(36)14-38-13-21)27(37)35-11-17-2-1-7-32-26(17)33-24-6-4-19(10-25(24)35)34-12-23-5-3-20(34)15-39-23/h2*1-2,4,6-7,10,18,20-23H,3,5,8-9,11-16H2,(H,32,33)/t2*18?,20-,21-,22+,23-/m10/s1. The highest BCUT2D eigenvalue weighted by molar-refractivity contribution is 6.01.